The smallest absolute Gasteiger partial charge is 0.255 e. The molecule has 100 valence electrons. The molecule has 3 aromatic rings. The summed E-state index contributed by atoms with van der Waals surface area (Å²) in [5.74, 6) is -0.287. The van der Waals surface area contributed by atoms with E-state index in [2.05, 4.69) is 15.3 Å². The number of amides is 1. The van der Waals surface area contributed by atoms with E-state index in [4.69, 9.17) is 5.26 Å². The molecule has 0 spiro atoms. The standard InChI is InChI=1S/C16H10N4O/c17-10-12-3-1-2-4-13(12)20-16(21)11-5-6-14-15(9-11)19-8-7-18-14/h1-9H,(H,20,21). The summed E-state index contributed by atoms with van der Waals surface area (Å²) >= 11 is 0. The molecule has 0 unspecified atom stereocenters. The first kappa shape index (κ1) is 12.8. The Bertz CT molecular complexity index is 867. The second-order valence-corrected chi connectivity index (χ2v) is 4.37. The number of hydrogen-bond donors (Lipinski definition) is 1. The predicted molar refractivity (Wildman–Crippen MR) is 78.6 cm³/mol. The number of rotatable bonds is 2. The lowest BCUT2D eigenvalue weighted by molar-refractivity contribution is 0.102. The number of aromatic nitrogens is 2. The van der Waals surface area contributed by atoms with Crippen LogP contribution in [0, 0.1) is 11.3 Å². The molecular formula is C16H10N4O. The van der Waals surface area contributed by atoms with Gasteiger partial charge in [0.25, 0.3) is 5.91 Å². The van der Waals surface area contributed by atoms with Crippen molar-refractivity contribution in [3.63, 3.8) is 0 Å². The Hall–Kier alpha value is -3.26. The largest absolute Gasteiger partial charge is 0.321 e. The van der Waals surface area contributed by atoms with Crippen LogP contribution in [0.4, 0.5) is 5.69 Å². The molecule has 2 aromatic carbocycles. The first-order chi connectivity index (χ1) is 10.3. The Morgan fingerprint density at radius 1 is 1.05 bits per heavy atom. The van der Waals surface area contributed by atoms with Gasteiger partial charge < -0.3 is 5.32 Å². The van der Waals surface area contributed by atoms with Gasteiger partial charge in [0.2, 0.25) is 0 Å². The third-order valence-corrected chi connectivity index (χ3v) is 3.03. The Morgan fingerprint density at radius 3 is 2.62 bits per heavy atom. The van der Waals surface area contributed by atoms with E-state index in [0.717, 1.165) is 5.52 Å². The zero-order chi connectivity index (χ0) is 14.7. The lowest BCUT2D eigenvalue weighted by Crippen LogP contribution is -2.12. The fourth-order valence-corrected chi connectivity index (χ4v) is 1.99. The summed E-state index contributed by atoms with van der Waals surface area (Å²) in [7, 11) is 0. The van der Waals surface area contributed by atoms with Crippen LogP contribution in [0.5, 0.6) is 0 Å². The SMILES string of the molecule is N#Cc1ccccc1NC(=O)c1ccc2nccnc2c1. The molecule has 0 aliphatic rings. The van der Waals surface area contributed by atoms with Gasteiger partial charge in [-0.2, -0.15) is 5.26 Å². The van der Waals surface area contributed by atoms with Crippen molar-refractivity contribution in [3.05, 3.63) is 66.0 Å². The van der Waals surface area contributed by atoms with Crippen molar-refractivity contribution in [2.75, 3.05) is 5.32 Å². The van der Waals surface area contributed by atoms with Crippen molar-refractivity contribution in [3.8, 4) is 6.07 Å². The van der Waals surface area contributed by atoms with Crippen LogP contribution < -0.4 is 5.32 Å². The highest BCUT2D eigenvalue weighted by atomic mass is 16.1. The minimum Gasteiger partial charge on any atom is -0.321 e. The van der Waals surface area contributed by atoms with Gasteiger partial charge >= 0.3 is 0 Å². The molecular weight excluding hydrogens is 264 g/mol. The lowest BCUT2D eigenvalue weighted by Gasteiger charge is -2.07. The summed E-state index contributed by atoms with van der Waals surface area (Å²) in [5, 5.41) is 11.8. The van der Waals surface area contributed by atoms with Gasteiger partial charge in [-0.25, -0.2) is 0 Å². The number of para-hydroxylation sites is 1. The van der Waals surface area contributed by atoms with Crippen LogP contribution in [0.2, 0.25) is 0 Å². The zero-order valence-electron chi connectivity index (χ0n) is 10.9. The van der Waals surface area contributed by atoms with E-state index in [1.54, 1.807) is 54.9 Å². The Morgan fingerprint density at radius 2 is 1.81 bits per heavy atom. The number of anilines is 1. The number of nitrogens with zero attached hydrogens (tertiary/aromatic N) is 3. The highest BCUT2D eigenvalue weighted by molar-refractivity contribution is 6.06. The number of fused-ring (bicyclic) bond motifs is 1. The highest BCUT2D eigenvalue weighted by Gasteiger charge is 2.09. The molecule has 0 fully saturated rings. The van der Waals surface area contributed by atoms with Gasteiger partial charge in [0.05, 0.1) is 22.3 Å². The van der Waals surface area contributed by atoms with E-state index in [-0.39, 0.29) is 5.91 Å². The van der Waals surface area contributed by atoms with Gasteiger partial charge in [0.15, 0.2) is 0 Å². The summed E-state index contributed by atoms with van der Waals surface area (Å²) in [6.45, 7) is 0. The highest BCUT2D eigenvalue weighted by Crippen LogP contribution is 2.16. The first-order valence-electron chi connectivity index (χ1n) is 6.29. The molecule has 1 amide bonds. The summed E-state index contributed by atoms with van der Waals surface area (Å²) in [4.78, 5) is 20.6. The molecule has 0 aliphatic carbocycles. The Labute approximate surface area is 120 Å². The lowest BCUT2D eigenvalue weighted by atomic mass is 10.1. The van der Waals surface area contributed by atoms with Gasteiger partial charge in [-0.15, -0.1) is 0 Å². The molecule has 0 bridgehead atoms. The van der Waals surface area contributed by atoms with Gasteiger partial charge in [0.1, 0.15) is 6.07 Å². The zero-order valence-corrected chi connectivity index (χ0v) is 10.9. The van der Waals surface area contributed by atoms with E-state index in [0.29, 0.717) is 22.3 Å². The van der Waals surface area contributed by atoms with Crippen LogP contribution in [0.15, 0.2) is 54.9 Å². The third-order valence-electron chi connectivity index (χ3n) is 3.03. The molecule has 5 nitrogen and oxygen atoms in total. The number of carbonyl (C=O) groups excluding carboxylic acids is 1. The number of nitrogens with one attached hydrogen (secondary N) is 1. The van der Waals surface area contributed by atoms with Crippen molar-refractivity contribution in [1.29, 1.82) is 5.26 Å². The van der Waals surface area contributed by atoms with E-state index in [1.165, 1.54) is 0 Å². The minimum atomic E-state index is -0.287. The molecule has 0 atom stereocenters. The van der Waals surface area contributed by atoms with Crippen molar-refractivity contribution >= 4 is 22.6 Å². The monoisotopic (exact) mass is 274 g/mol. The molecule has 0 aliphatic heterocycles. The molecule has 0 saturated heterocycles. The normalized spacial score (nSPS) is 10.0. The van der Waals surface area contributed by atoms with Crippen LogP contribution in [0.25, 0.3) is 11.0 Å². The summed E-state index contributed by atoms with van der Waals surface area (Å²) in [6, 6.07) is 14.0. The Kier molecular flexibility index (Phi) is 3.27. The fourth-order valence-electron chi connectivity index (χ4n) is 1.99. The van der Waals surface area contributed by atoms with Crippen LogP contribution in [0.1, 0.15) is 15.9 Å². The molecule has 5 heteroatoms. The third kappa shape index (κ3) is 2.55. The van der Waals surface area contributed by atoms with Gasteiger partial charge in [-0.05, 0) is 30.3 Å². The fraction of sp³-hybridized carbons (Fsp3) is 0. The average Bonchev–Trinajstić information content (AvgIpc) is 2.55. The van der Waals surface area contributed by atoms with Crippen molar-refractivity contribution in [2.45, 2.75) is 0 Å². The number of benzene rings is 2. The second-order valence-electron chi connectivity index (χ2n) is 4.37. The van der Waals surface area contributed by atoms with E-state index < -0.39 is 0 Å². The van der Waals surface area contributed by atoms with E-state index in [1.807, 2.05) is 6.07 Å². The van der Waals surface area contributed by atoms with Gasteiger partial charge in [-0.3, -0.25) is 14.8 Å². The van der Waals surface area contributed by atoms with Crippen LogP contribution >= 0.6 is 0 Å². The minimum absolute atomic E-state index is 0.287. The van der Waals surface area contributed by atoms with E-state index >= 15 is 0 Å². The predicted octanol–water partition coefficient (Wildman–Crippen LogP) is 2.75. The summed E-state index contributed by atoms with van der Waals surface area (Å²) < 4.78 is 0. The molecule has 1 heterocycles. The maximum atomic E-state index is 12.3. The van der Waals surface area contributed by atoms with Crippen LogP contribution in [-0.4, -0.2) is 15.9 Å². The average molecular weight is 274 g/mol. The number of hydrogen-bond acceptors (Lipinski definition) is 4. The maximum Gasteiger partial charge on any atom is 0.255 e. The van der Waals surface area contributed by atoms with Crippen molar-refractivity contribution in [1.82, 2.24) is 9.97 Å². The molecule has 1 aromatic heterocycles. The van der Waals surface area contributed by atoms with Gasteiger partial charge in [-0.1, -0.05) is 12.1 Å². The summed E-state index contributed by atoms with van der Waals surface area (Å²) in [5.41, 5.74) is 2.76. The first-order valence-corrected chi connectivity index (χ1v) is 6.29. The number of carbonyl (C=O) groups is 1. The summed E-state index contributed by atoms with van der Waals surface area (Å²) in [6.07, 6.45) is 3.18. The van der Waals surface area contributed by atoms with Gasteiger partial charge in [0, 0.05) is 18.0 Å². The molecule has 0 saturated carbocycles. The molecule has 3 rings (SSSR count). The van der Waals surface area contributed by atoms with Crippen molar-refractivity contribution < 1.29 is 4.79 Å². The maximum absolute atomic E-state index is 12.3. The van der Waals surface area contributed by atoms with Crippen LogP contribution in [0.3, 0.4) is 0 Å². The Balaban J connectivity index is 1.92. The second kappa shape index (κ2) is 5.39. The molecule has 0 radical (unpaired) electrons. The quantitative estimate of drug-likeness (QED) is 0.779. The topological polar surface area (TPSA) is 78.7 Å². The van der Waals surface area contributed by atoms with E-state index in [9.17, 15) is 4.79 Å². The van der Waals surface area contributed by atoms with Crippen molar-refractivity contribution in [2.24, 2.45) is 0 Å². The van der Waals surface area contributed by atoms with Crippen LogP contribution in [-0.2, 0) is 0 Å². The number of nitriles is 1. The molecule has 21 heavy (non-hydrogen) atoms. The molecule has 1 N–H and O–H groups in total.